The van der Waals surface area contributed by atoms with E-state index in [0.29, 0.717) is 12.2 Å². The maximum Gasteiger partial charge on any atom is 0.265 e. The fraction of sp³-hybridized carbons (Fsp3) is 0.286. The van der Waals surface area contributed by atoms with Gasteiger partial charge in [0.25, 0.3) is 5.91 Å². The normalized spacial score (nSPS) is 22.3. The van der Waals surface area contributed by atoms with Gasteiger partial charge in [-0.15, -0.1) is 11.8 Å². The molecule has 0 bridgehead atoms. The van der Waals surface area contributed by atoms with Gasteiger partial charge in [0, 0.05) is 16.7 Å². The van der Waals surface area contributed by atoms with E-state index in [-0.39, 0.29) is 11.4 Å². The maximum absolute atomic E-state index is 13.6. The van der Waals surface area contributed by atoms with Crippen molar-refractivity contribution in [2.75, 3.05) is 13.7 Å². The summed E-state index contributed by atoms with van der Waals surface area (Å²) >= 11 is 1.40. The highest BCUT2D eigenvalue weighted by Gasteiger charge is 2.52. The monoisotopic (exact) mass is 448 g/mol. The zero-order chi connectivity index (χ0) is 21.8. The van der Waals surface area contributed by atoms with Gasteiger partial charge < -0.3 is 4.74 Å². The second-order valence-electron chi connectivity index (χ2n) is 6.93. The van der Waals surface area contributed by atoms with Crippen molar-refractivity contribution < 1.29 is 23.2 Å². The number of hydrogen-bond acceptors (Lipinski definition) is 6. The Morgan fingerprint density at radius 2 is 1.83 bits per heavy atom. The number of carbonyl (C=O) groups is 1. The lowest BCUT2D eigenvalue weighted by molar-refractivity contribution is -0.138. The Labute approximate surface area is 180 Å². The van der Waals surface area contributed by atoms with Crippen LogP contribution in [0.5, 0.6) is 5.75 Å². The first-order valence-electron chi connectivity index (χ1n) is 9.32. The highest BCUT2D eigenvalue weighted by atomic mass is 32.2. The predicted molar refractivity (Wildman–Crippen MR) is 115 cm³/mol. The number of benzene rings is 2. The van der Waals surface area contributed by atoms with Crippen molar-refractivity contribution in [1.29, 1.82) is 0 Å². The summed E-state index contributed by atoms with van der Waals surface area (Å²) in [5.74, 6) is -0.255. The Balaban J connectivity index is 2.07. The van der Waals surface area contributed by atoms with Crippen molar-refractivity contribution in [1.82, 2.24) is 9.79 Å². The molecule has 160 valence electrons. The van der Waals surface area contributed by atoms with Crippen LogP contribution < -0.4 is 10.2 Å². The highest BCUT2D eigenvalue weighted by molar-refractivity contribution is 8.00. The van der Waals surface area contributed by atoms with Gasteiger partial charge in [-0.25, -0.2) is 13.9 Å². The fourth-order valence-electron chi connectivity index (χ4n) is 3.39. The quantitative estimate of drug-likeness (QED) is 0.401. The van der Waals surface area contributed by atoms with E-state index in [4.69, 9.17) is 4.74 Å². The number of allylic oxidation sites excluding steroid dienone is 1. The first-order valence-corrected chi connectivity index (χ1v) is 11.6. The van der Waals surface area contributed by atoms with E-state index >= 15 is 0 Å². The maximum atomic E-state index is 13.6. The van der Waals surface area contributed by atoms with Crippen LogP contribution in [-0.2, 0) is 14.8 Å². The molecule has 1 aliphatic rings. The minimum atomic E-state index is -4.06. The minimum absolute atomic E-state index is 0.00410. The summed E-state index contributed by atoms with van der Waals surface area (Å²) in [4.78, 5) is 13.8. The molecule has 3 rings (SSSR count). The van der Waals surface area contributed by atoms with Gasteiger partial charge >= 0.3 is 0 Å². The van der Waals surface area contributed by atoms with Crippen LogP contribution in [0.25, 0.3) is 0 Å². The Bertz CT molecular complexity index is 1010. The summed E-state index contributed by atoms with van der Waals surface area (Å²) < 4.78 is 33.4. The Hall–Kier alpha value is -2.33. The van der Waals surface area contributed by atoms with Crippen molar-refractivity contribution in [3.05, 3.63) is 66.7 Å². The molecule has 0 spiro atoms. The largest absolute Gasteiger partial charge is 0.497 e. The number of nitrogens with zero attached hydrogens (tertiary/aromatic N) is 1. The molecule has 1 aliphatic heterocycles. The van der Waals surface area contributed by atoms with Crippen molar-refractivity contribution in [2.45, 2.75) is 33.9 Å². The summed E-state index contributed by atoms with van der Waals surface area (Å²) in [7, 11) is -2.56. The van der Waals surface area contributed by atoms with E-state index in [1.165, 1.54) is 31.0 Å². The Morgan fingerprint density at radius 1 is 1.17 bits per heavy atom. The number of amides is 1. The number of hydroxylamine groups is 1. The first kappa shape index (κ1) is 22.4. The van der Waals surface area contributed by atoms with Crippen LogP contribution in [0.15, 0.2) is 76.5 Å². The van der Waals surface area contributed by atoms with Crippen LogP contribution in [-0.4, -0.2) is 48.3 Å². The second kappa shape index (κ2) is 9.22. The van der Waals surface area contributed by atoms with Gasteiger partial charge in [-0.2, -0.15) is 4.31 Å². The molecular formula is C21H24N2O5S2. The lowest BCUT2D eigenvalue weighted by Crippen LogP contribution is -2.63. The molecule has 30 heavy (non-hydrogen) atoms. The standard InChI is InChI=1S/C21H24N2O5S2/c1-21(20(24)22-25)19(29-17-8-4-3-5-9-17)10-6-7-15-23(21)30(26,27)18-13-11-16(28-2)12-14-18/h3-9,11-14,19,25H,10,15H2,1-2H3,(H,22,24). The average Bonchev–Trinajstić information content (AvgIpc) is 2.94. The van der Waals surface area contributed by atoms with Crippen molar-refractivity contribution in [3.63, 3.8) is 0 Å². The van der Waals surface area contributed by atoms with Gasteiger partial charge in [-0.1, -0.05) is 30.4 Å². The molecule has 0 fully saturated rings. The van der Waals surface area contributed by atoms with Gasteiger partial charge in [0.2, 0.25) is 10.0 Å². The molecule has 1 amide bonds. The number of thioether (sulfide) groups is 1. The minimum Gasteiger partial charge on any atom is -0.497 e. The molecule has 2 N–H and O–H groups in total. The third-order valence-corrected chi connectivity index (χ3v) is 8.62. The third kappa shape index (κ3) is 4.24. The van der Waals surface area contributed by atoms with Gasteiger partial charge in [-0.3, -0.25) is 10.0 Å². The SMILES string of the molecule is COc1ccc(S(=O)(=O)N2CC=CCC(Sc3ccccc3)C2(C)C(=O)NO)cc1. The molecule has 2 aromatic carbocycles. The zero-order valence-corrected chi connectivity index (χ0v) is 18.3. The fourth-order valence-corrected chi connectivity index (χ4v) is 6.50. The van der Waals surface area contributed by atoms with Crippen molar-refractivity contribution in [3.8, 4) is 5.75 Å². The van der Waals surface area contributed by atoms with E-state index in [0.717, 1.165) is 9.20 Å². The summed E-state index contributed by atoms with van der Waals surface area (Å²) in [6, 6.07) is 15.4. The van der Waals surface area contributed by atoms with E-state index in [9.17, 15) is 18.4 Å². The molecule has 0 aliphatic carbocycles. The molecule has 9 heteroatoms. The molecule has 0 saturated carbocycles. The number of rotatable bonds is 6. The molecule has 2 aromatic rings. The summed E-state index contributed by atoms with van der Waals surface area (Å²) in [5.41, 5.74) is 0.140. The van der Waals surface area contributed by atoms with E-state index in [2.05, 4.69) is 0 Å². The van der Waals surface area contributed by atoms with Crippen molar-refractivity contribution in [2.24, 2.45) is 0 Å². The summed E-state index contributed by atoms with van der Waals surface area (Å²) in [6.07, 6.45) is 4.06. The zero-order valence-electron chi connectivity index (χ0n) is 16.7. The number of hydrogen-bond donors (Lipinski definition) is 2. The molecule has 0 saturated heterocycles. The van der Waals surface area contributed by atoms with Gasteiger partial charge in [0.15, 0.2) is 0 Å². The topological polar surface area (TPSA) is 95.9 Å². The second-order valence-corrected chi connectivity index (χ2v) is 10.1. The van der Waals surface area contributed by atoms with Crippen LogP contribution in [0.4, 0.5) is 0 Å². The molecule has 2 atom stereocenters. The third-order valence-electron chi connectivity index (χ3n) is 5.16. The van der Waals surface area contributed by atoms with Crippen LogP contribution in [0, 0.1) is 0 Å². The molecule has 2 unspecified atom stereocenters. The number of ether oxygens (including phenoxy) is 1. The molecular weight excluding hydrogens is 424 g/mol. The van der Waals surface area contributed by atoms with Crippen LogP contribution in [0.1, 0.15) is 13.3 Å². The number of carbonyl (C=O) groups excluding carboxylic acids is 1. The van der Waals surface area contributed by atoms with Crippen LogP contribution >= 0.6 is 11.8 Å². The number of nitrogens with one attached hydrogen (secondary N) is 1. The van der Waals surface area contributed by atoms with Gasteiger partial charge in [0.05, 0.1) is 12.0 Å². The highest BCUT2D eigenvalue weighted by Crippen LogP contribution is 2.40. The van der Waals surface area contributed by atoms with Crippen molar-refractivity contribution >= 4 is 27.7 Å². The lowest BCUT2D eigenvalue weighted by Gasteiger charge is -2.41. The molecule has 1 heterocycles. The first-order chi connectivity index (χ1) is 14.3. The molecule has 0 aromatic heterocycles. The smallest absolute Gasteiger partial charge is 0.265 e. The molecule has 7 nitrogen and oxygen atoms in total. The van der Waals surface area contributed by atoms with Crippen LogP contribution in [0.3, 0.4) is 0 Å². The van der Waals surface area contributed by atoms with E-state index in [1.807, 2.05) is 36.4 Å². The Morgan fingerprint density at radius 3 is 2.43 bits per heavy atom. The number of sulfonamides is 1. The summed E-state index contributed by atoms with van der Waals surface area (Å²) in [5, 5.41) is 9.01. The average molecular weight is 449 g/mol. The summed E-state index contributed by atoms with van der Waals surface area (Å²) in [6.45, 7) is 1.55. The predicted octanol–water partition coefficient (Wildman–Crippen LogP) is 3.07. The van der Waals surface area contributed by atoms with E-state index in [1.54, 1.807) is 30.6 Å². The van der Waals surface area contributed by atoms with Gasteiger partial charge in [-0.05, 0) is 49.7 Å². The lowest BCUT2D eigenvalue weighted by atomic mass is 9.95. The Kier molecular flexibility index (Phi) is 6.87. The molecule has 0 radical (unpaired) electrons. The van der Waals surface area contributed by atoms with E-state index < -0.39 is 26.7 Å². The van der Waals surface area contributed by atoms with Gasteiger partial charge in [0.1, 0.15) is 11.3 Å². The number of methoxy groups -OCH3 is 1. The van der Waals surface area contributed by atoms with Crippen LogP contribution in [0.2, 0.25) is 0 Å².